The van der Waals surface area contributed by atoms with Crippen molar-refractivity contribution in [1.29, 1.82) is 0 Å². The highest BCUT2D eigenvalue weighted by Crippen LogP contribution is 2.31. The van der Waals surface area contributed by atoms with E-state index in [1.54, 1.807) is 18.3 Å². The molecule has 0 fully saturated rings. The van der Waals surface area contributed by atoms with Crippen LogP contribution in [0.3, 0.4) is 0 Å². The summed E-state index contributed by atoms with van der Waals surface area (Å²) in [7, 11) is 0. The smallest absolute Gasteiger partial charge is 0.161 e. The van der Waals surface area contributed by atoms with Gasteiger partial charge in [0.25, 0.3) is 0 Å². The van der Waals surface area contributed by atoms with Crippen LogP contribution in [0.5, 0.6) is 11.5 Å². The molecule has 3 nitrogen and oxygen atoms in total. The number of ether oxygens (including phenoxy) is 2. The van der Waals surface area contributed by atoms with E-state index < -0.39 is 0 Å². The lowest BCUT2D eigenvalue weighted by Crippen LogP contribution is -2.01. The molecule has 150 valence electrons. The first-order chi connectivity index (χ1) is 14.0. The Hall–Kier alpha value is -2.20. The topological polar surface area (TPSA) is 30.8 Å². The summed E-state index contributed by atoms with van der Waals surface area (Å²) >= 11 is 18.2. The Kier molecular flexibility index (Phi) is 7.43. The molecule has 3 rings (SSSR count). The lowest BCUT2D eigenvalue weighted by atomic mass is 10.2. The summed E-state index contributed by atoms with van der Waals surface area (Å²) in [5, 5.41) is 1.81. The molecule has 0 aromatic heterocycles. The molecule has 0 N–H and O–H groups in total. The van der Waals surface area contributed by atoms with Crippen molar-refractivity contribution in [3.8, 4) is 11.5 Å². The largest absolute Gasteiger partial charge is 0.490 e. The molecule has 6 heteroatoms. The molecule has 0 saturated carbocycles. The summed E-state index contributed by atoms with van der Waals surface area (Å²) in [6.45, 7) is 4.75. The molecule has 0 spiro atoms. The van der Waals surface area contributed by atoms with E-state index in [-0.39, 0.29) is 0 Å². The van der Waals surface area contributed by atoms with Crippen LogP contribution in [-0.2, 0) is 6.61 Å². The quantitative estimate of drug-likeness (QED) is 0.347. The average Bonchev–Trinajstić information content (AvgIpc) is 2.69. The van der Waals surface area contributed by atoms with Crippen molar-refractivity contribution >= 4 is 46.7 Å². The second-order valence-corrected chi connectivity index (χ2v) is 7.63. The van der Waals surface area contributed by atoms with Crippen molar-refractivity contribution in [2.45, 2.75) is 20.5 Å². The van der Waals surface area contributed by atoms with Gasteiger partial charge in [-0.3, -0.25) is 4.99 Å². The third kappa shape index (κ3) is 5.89. The molecular weight excluding hydrogens is 429 g/mol. The van der Waals surface area contributed by atoms with Crippen molar-refractivity contribution in [3.05, 3.63) is 86.4 Å². The van der Waals surface area contributed by atoms with Crippen molar-refractivity contribution in [2.75, 3.05) is 6.61 Å². The number of nitrogens with zero attached hydrogens (tertiary/aromatic N) is 1. The molecule has 0 bridgehead atoms. The predicted molar refractivity (Wildman–Crippen MR) is 122 cm³/mol. The first-order valence-corrected chi connectivity index (χ1v) is 10.2. The first-order valence-electron chi connectivity index (χ1n) is 9.10. The maximum Gasteiger partial charge on any atom is 0.161 e. The number of halogens is 3. The highest BCUT2D eigenvalue weighted by Gasteiger charge is 2.09. The molecule has 0 unspecified atom stereocenters. The molecule has 0 heterocycles. The van der Waals surface area contributed by atoms with Gasteiger partial charge in [-0.1, -0.05) is 46.9 Å². The molecule has 0 aliphatic carbocycles. The van der Waals surface area contributed by atoms with Crippen LogP contribution in [0, 0.1) is 6.92 Å². The molecule has 0 aliphatic heterocycles. The average molecular weight is 449 g/mol. The van der Waals surface area contributed by atoms with E-state index in [2.05, 4.69) is 4.99 Å². The van der Waals surface area contributed by atoms with Gasteiger partial charge in [0.05, 0.1) is 12.3 Å². The predicted octanol–water partition coefficient (Wildman–Crippen LogP) is 7.68. The molecular formula is C23H20Cl3NO2. The molecule has 0 saturated heterocycles. The molecule has 0 aliphatic rings. The molecule has 0 amide bonds. The fourth-order valence-corrected chi connectivity index (χ4v) is 3.28. The molecule has 0 atom stereocenters. The van der Waals surface area contributed by atoms with E-state index in [9.17, 15) is 0 Å². The lowest BCUT2D eigenvalue weighted by molar-refractivity contribution is 0.269. The SMILES string of the molecule is CCOc1cc(C=Nc2cc(Cl)ccc2C)ccc1OCc1ccc(Cl)cc1Cl. The van der Waals surface area contributed by atoms with Gasteiger partial charge < -0.3 is 9.47 Å². The van der Waals surface area contributed by atoms with Gasteiger partial charge in [-0.05, 0) is 67.4 Å². The Morgan fingerprint density at radius 2 is 1.62 bits per heavy atom. The van der Waals surface area contributed by atoms with Gasteiger partial charge >= 0.3 is 0 Å². The number of hydrogen-bond acceptors (Lipinski definition) is 3. The van der Waals surface area contributed by atoms with Crippen LogP contribution in [0.2, 0.25) is 15.1 Å². The van der Waals surface area contributed by atoms with Crippen LogP contribution in [0.15, 0.2) is 59.6 Å². The Bertz CT molecular complexity index is 1030. The van der Waals surface area contributed by atoms with Crippen LogP contribution in [0.1, 0.15) is 23.6 Å². The van der Waals surface area contributed by atoms with Crippen molar-refractivity contribution in [2.24, 2.45) is 4.99 Å². The minimum absolute atomic E-state index is 0.311. The van der Waals surface area contributed by atoms with Gasteiger partial charge in [-0.15, -0.1) is 0 Å². The molecule has 0 radical (unpaired) electrons. The Morgan fingerprint density at radius 3 is 2.38 bits per heavy atom. The summed E-state index contributed by atoms with van der Waals surface area (Å²) in [6.07, 6.45) is 1.78. The number of rotatable bonds is 7. The second-order valence-electron chi connectivity index (χ2n) is 6.35. The summed E-state index contributed by atoms with van der Waals surface area (Å²) in [5.74, 6) is 1.28. The van der Waals surface area contributed by atoms with E-state index in [0.29, 0.717) is 39.8 Å². The zero-order chi connectivity index (χ0) is 20.8. The minimum atomic E-state index is 0.311. The number of aryl methyl sites for hydroxylation is 1. The van der Waals surface area contributed by atoms with Crippen LogP contribution < -0.4 is 9.47 Å². The summed E-state index contributed by atoms with van der Waals surface area (Å²) in [6, 6.07) is 16.6. The normalized spacial score (nSPS) is 11.1. The first kappa shape index (κ1) is 21.5. The van der Waals surface area contributed by atoms with E-state index in [4.69, 9.17) is 44.3 Å². The monoisotopic (exact) mass is 447 g/mol. The molecule has 29 heavy (non-hydrogen) atoms. The van der Waals surface area contributed by atoms with Crippen LogP contribution in [0.4, 0.5) is 5.69 Å². The van der Waals surface area contributed by atoms with Crippen LogP contribution in [-0.4, -0.2) is 12.8 Å². The fraction of sp³-hybridized carbons (Fsp3) is 0.174. The van der Waals surface area contributed by atoms with Crippen LogP contribution in [0.25, 0.3) is 0 Å². The molecule has 3 aromatic rings. The number of aliphatic imine (C=N–C) groups is 1. The fourth-order valence-electron chi connectivity index (χ4n) is 2.65. The zero-order valence-electron chi connectivity index (χ0n) is 16.1. The van der Waals surface area contributed by atoms with E-state index in [1.807, 2.05) is 56.3 Å². The number of benzene rings is 3. The van der Waals surface area contributed by atoms with Gasteiger partial charge in [-0.25, -0.2) is 0 Å². The Balaban J connectivity index is 1.79. The highest BCUT2D eigenvalue weighted by atomic mass is 35.5. The van der Waals surface area contributed by atoms with Gasteiger partial charge in [0.1, 0.15) is 6.61 Å². The Morgan fingerprint density at radius 1 is 0.862 bits per heavy atom. The summed E-state index contributed by atoms with van der Waals surface area (Å²) < 4.78 is 11.7. The molecule has 3 aromatic carbocycles. The maximum absolute atomic E-state index is 6.22. The highest BCUT2D eigenvalue weighted by molar-refractivity contribution is 6.35. The van der Waals surface area contributed by atoms with Crippen LogP contribution >= 0.6 is 34.8 Å². The minimum Gasteiger partial charge on any atom is -0.490 e. The van der Waals surface area contributed by atoms with Gasteiger partial charge in [0.2, 0.25) is 0 Å². The standard InChI is InChI=1S/C23H20Cl3NO2/c1-3-28-23-10-16(13-27-21-12-19(25)7-4-15(21)2)5-9-22(23)29-14-17-6-8-18(24)11-20(17)26/h4-13H,3,14H2,1-2H3. The zero-order valence-corrected chi connectivity index (χ0v) is 18.4. The van der Waals surface area contributed by atoms with E-state index >= 15 is 0 Å². The third-order valence-electron chi connectivity index (χ3n) is 4.19. The Labute approximate surface area is 185 Å². The van der Waals surface area contributed by atoms with Crippen molar-refractivity contribution < 1.29 is 9.47 Å². The van der Waals surface area contributed by atoms with E-state index in [0.717, 1.165) is 22.4 Å². The number of hydrogen-bond donors (Lipinski definition) is 0. The van der Waals surface area contributed by atoms with E-state index in [1.165, 1.54) is 0 Å². The maximum atomic E-state index is 6.22. The lowest BCUT2D eigenvalue weighted by Gasteiger charge is -2.13. The van der Waals surface area contributed by atoms with Gasteiger partial charge in [-0.2, -0.15) is 0 Å². The van der Waals surface area contributed by atoms with Crippen molar-refractivity contribution in [1.82, 2.24) is 0 Å². The van der Waals surface area contributed by atoms with Crippen molar-refractivity contribution in [3.63, 3.8) is 0 Å². The second kappa shape index (κ2) is 10.0. The van der Waals surface area contributed by atoms with Gasteiger partial charge in [0.15, 0.2) is 11.5 Å². The third-order valence-corrected chi connectivity index (χ3v) is 5.01. The summed E-state index contributed by atoms with van der Waals surface area (Å²) in [4.78, 5) is 4.55. The summed E-state index contributed by atoms with van der Waals surface area (Å²) in [5.41, 5.74) is 3.62. The van der Waals surface area contributed by atoms with Gasteiger partial charge in [0, 0.05) is 26.8 Å².